The minimum absolute atomic E-state index is 0.286. The molecule has 8 nitrogen and oxygen atoms in total. The van der Waals surface area contributed by atoms with Crippen molar-refractivity contribution in [1.29, 1.82) is 0 Å². The highest BCUT2D eigenvalue weighted by atomic mass is 19.2. The fourth-order valence-electron chi connectivity index (χ4n) is 2.80. The molecule has 0 saturated carbocycles. The fraction of sp³-hybridized carbons (Fsp3) is 0.500. The van der Waals surface area contributed by atoms with Gasteiger partial charge in [0.2, 0.25) is 11.8 Å². The Morgan fingerprint density at radius 2 is 1.76 bits per heavy atom. The Hall–Kier alpha value is -2.82. The minimum Gasteiger partial charge on any atom is -0.450 e. The molecule has 29 heavy (non-hydrogen) atoms. The number of anilines is 1. The molecule has 1 fully saturated rings. The van der Waals surface area contributed by atoms with Crippen LogP contribution in [0.1, 0.15) is 13.8 Å². The van der Waals surface area contributed by atoms with Gasteiger partial charge < -0.3 is 20.3 Å². The maximum atomic E-state index is 13.6. The Labute approximate surface area is 166 Å². The molecule has 1 saturated heterocycles. The van der Waals surface area contributed by atoms with Crippen LogP contribution >= 0.6 is 0 Å². The Balaban J connectivity index is 1.79. The summed E-state index contributed by atoms with van der Waals surface area (Å²) >= 11 is 0. The van der Waals surface area contributed by atoms with Gasteiger partial charge in [-0.1, -0.05) is 0 Å². The number of hydrogen-bond donors (Lipinski definition) is 2. The van der Waals surface area contributed by atoms with Crippen molar-refractivity contribution in [3.8, 4) is 0 Å². The van der Waals surface area contributed by atoms with Crippen molar-refractivity contribution >= 4 is 23.6 Å². The number of rotatable bonds is 6. The molecule has 1 aromatic rings. The summed E-state index contributed by atoms with van der Waals surface area (Å²) in [6.45, 7) is 4.93. The molecule has 0 radical (unpaired) electrons. The van der Waals surface area contributed by atoms with E-state index in [4.69, 9.17) is 4.74 Å². The number of carbonyl (C=O) groups excluding carboxylic acids is 3. The van der Waals surface area contributed by atoms with E-state index < -0.39 is 53.6 Å². The molecule has 2 N–H and O–H groups in total. The van der Waals surface area contributed by atoms with Gasteiger partial charge in [-0.15, -0.1) is 0 Å². The topological polar surface area (TPSA) is 91.0 Å². The second-order valence-corrected chi connectivity index (χ2v) is 6.39. The molecule has 1 aliphatic heterocycles. The quantitative estimate of drug-likeness (QED) is 0.683. The van der Waals surface area contributed by atoms with Crippen molar-refractivity contribution < 1.29 is 32.3 Å². The Morgan fingerprint density at radius 3 is 2.38 bits per heavy atom. The van der Waals surface area contributed by atoms with Crippen molar-refractivity contribution in [2.45, 2.75) is 19.9 Å². The van der Waals surface area contributed by atoms with Gasteiger partial charge in [-0.05, 0) is 26.0 Å². The van der Waals surface area contributed by atoms with Gasteiger partial charge in [-0.3, -0.25) is 14.5 Å². The predicted octanol–water partition coefficient (Wildman–Crippen LogP) is 1.32. The van der Waals surface area contributed by atoms with Crippen molar-refractivity contribution in [3.05, 3.63) is 29.6 Å². The standard InChI is InChI=1S/C18H23F3N4O4/c1-3-29-18(28)25-8-6-24(7-9-25)11(2)17(27)22-10-14(26)23-13-5-4-12(19)15(20)16(13)21/h4-5,11H,3,6-10H2,1-2H3,(H,22,27)(H,23,26). The fourth-order valence-corrected chi connectivity index (χ4v) is 2.80. The van der Waals surface area contributed by atoms with Crippen LogP contribution in [0, 0.1) is 17.5 Å². The highest BCUT2D eigenvalue weighted by molar-refractivity contribution is 5.95. The summed E-state index contributed by atoms with van der Waals surface area (Å²) in [4.78, 5) is 39.2. The molecule has 1 aliphatic rings. The largest absolute Gasteiger partial charge is 0.450 e. The third-order valence-electron chi connectivity index (χ3n) is 4.50. The van der Waals surface area contributed by atoms with Crippen LogP contribution < -0.4 is 10.6 Å². The number of benzene rings is 1. The molecule has 1 heterocycles. The smallest absolute Gasteiger partial charge is 0.409 e. The lowest BCUT2D eigenvalue weighted by Gasteiger charge is -2.36. The molecule has 1 unspecified atom stereocenters. The summed E-state index contributed by atoms with van der Waals surface area (Å²) in [5, 5.41) is 4.49. The van der Waals surface area contributed by atoms with Gasteiger partial charge in [0.15, 0.2) is 17.5 Å². The molecular formula is C18H23F3N4O4. The lowest BCUT2D eigenvalue weighted by Crippen LogP contribution is -2.55. The third-order valence-corrected chi connectivity index (χ3v) is 4.50. The van der Waals surface area contributed by atoms with Crippen LogP contribution in [0.5, 0.6) is 0 Å². The van der Waals surface area contributed by atoms with Crippen LogP contribution in [0.3, 0.4) is 0 Å². The van der Waals surface area contributed by atoms with E-state index in [0.29, 0.717) is 32.2 Å². The van der Waals surface area contributed by atoms with Crippen LogP contribution in [0.15, 0.2) is 12.1 Å². The number of piperazine rings is 1. The van der Waals surface area contributed by atoms with Gasteiger partial charge in [-0.2, -0.15) is 0 Å². The summed E-state index contributed by atoms with van der Waals surface area (Å²) in [5.41, 5.74) is -0.522. The second-order valence-electron chi connectivity index (χ2n) is 6.39. The van der Waals surface area contributed by atoms with E-state index in [1.54, 1.807) is 18.7 Å². The van der Waals surface area contributed by atoms with Gasteiger partial charge in [0.1, 0.15) is 0 Å². The molecule has 0 aromatic heterocycles. The zero-order chi connectivity index (χ0) is 21.6. The van der Waals surface area contributed by atoms with E-state index in [2.05, 4.69) is 10.6 Å². The van der Waals surface area contributed by atoms with E-state index in [0.717, 1.165) is 6.07 Å². The van der Waals surface area contributed by atoms with Crippen LogP contribution in [-0.4, -0.2) is 73.1 Å². The summed E-state index contributed by atoms with van der Waals surface area (Å²) < 4.78 is 44.6. The molecule has 2 rings (SSSR count). The molecule has 3 amide bonds. The summed E-state index contributed by atoms with van der Waals surface area (Å²) in [5.74, 6) is -5.80. The highest BCUT2D eigenvalue weighted by Crippen LogP contribution is 2.19. The van der Waals surface area contributed by atoms with Crippen LogP contribution in [0.25, 0.3) is 0 Å². The number of nitrogens with zero attached hydrogens (tertiary/aromatic N) is 2. The maximum Gasteiger partial charge on any atom is 0.409 e. The number of hydrogen-bond acceptors (Lipinski definition) is 5. The summed E-state index contributed by atoms with van der Waals surface area (Å²) in [7, 11) is 0. The van der Waals surface area contributed by atoms with E-state index in [9.17, 15) is 27.6 Å². The van der Waals surface area contributed by atoms with Crippen LogP contribution in [-0.2, 0) is 14.3 Å². The van der Waals surface area contributed by atoms with E-state index in [-0.39, 0.29) is 6.61 Å². The van der Waals surface area contributed by atoms with E-state index in [1.807, 2.05) is 4.90 Å². The zero-order valence-electron chi connectivity index (χ0n) is 16.1. The maximum absolute atomic E-state index is 13.6. The van der Waals surface area contributed by atoms with E-state index in [1.165, 1.54) is 0 Å². The van der Waals surface area contributed by atoms with Gasteiger partial charge in [0.25, 0.3) is 0 Å². The molecule has 0 bridgehead atoms. The molecule has 1 aromatic carbocycles. The molecule has 11 heteroatoms. The van der Waals surface area contributed by atoms with Crippen molar-refractivity contribution in [2.75, 3.05) is 44.6 Å². The SMILES string of the molecule is CCOC(=O)N1CCN(C(C)C(=O)NCC(=O)Nc2ccc(F)c(F)c2F)CC1. The summed E-state index contributed by atoms with van der Waals surface area (Å²) in [6, 6.07) is 1.01. The van der Waals surface area contributed by atoms with Crippen LogP contribution in [0.4, 0.5) is 23.7 Å². The molecule has 1 atom stereocenters. The van der Waals surface area contributed by atoms with Gasteiger partial charge in [0.05, 0.1) is 24.9 Å². The van der Waals surface area contributed by atoms with Gasteiger partial charge in [0, 0.05) is 26.2 Å². The van der Waals surface area contributed by atoms with Crippen LogP contribution in [0.2, 0.25) is 0 Å². The molecule has 0 spiro atoms. The number of halogens is 3. The Kier molecular flexibility index (Phi) is 7.82. The predicted molar refractivity (Wildman–Crippen MR) is 97.6 cm³/mol. The van der Waals surface area contributed by atoms with Gasteiger partial charge >= 0.3 is 6.09 Å². The normalized spacial score (nSPS) is 15.6. The van der Waals surface area contributed by atoms with Crippen molar-refractivity contribution in [2.24, 2.45) is 0 Å². The molecule has 0 aliphatic carbocycles. The van der Waals surface area contributed by atoms with E-state index >= 15 is 0 Å². The first-order valence-corrected chi connectivity index (χ1v) is 9.11. The number of amides is 3. The highest BCUT2D eigenvalue weighted by Gasteiger charge is 2.28. The second kappa shape index (κ2) is 10.1. The third kappa shape index (κ3) is 5.83. The lowest BCUT2D eigenvalue weighted by molar-refractivity contribution is -0.128. The summed E-state index contributed by atoms with van der Waals surface area (Å²) in [6.07, 6.45) is -0.398. The number of carbonyl (C=O) groups is 3. The zero-order valence-corrected chi connectivity index (χ0v) is 16.1. The average molecular weight is 416 g/mol. The lowest BCUT2D eigenvalue weighted by atomic mass is 10.2. The Morgan fingerprint density at radius 1 is 1.10 bits per heavy atom. The Bertz CT molecular complexity index is 770. The number of ether oxygens (including phenoxy) is 1. The van der Waals surface area contributed by atoms with Gasteiger partial charge in [-0.25, -0.2) is 18.0 Å². The molecule has 160 valence electrons. The van der Waals surface area contributed by atoms with Crippen molar-refractivity contribution in [1.82, 2.24) is 15.1 Å². The van der Waals surface area contributed by atoms with Crippen molar-refractivity contribution in [3.63, 3.8) is 0 Å². The first-order chi connectivity index (χ1) is 13.7. The first-order valence-electron chi connectivity index (χ1n) is 9.11. The number of nitrogens with one attached hydrogen (secondary N) is 2. The minimum atomic E-state index is -1.69. The monoisotopic (exact) mass is 416 g/mol. The first kappa shape index (κ1) is 22.5. The molecular weight excluding hydrogens is 393 g/mol. The average Bonchev–Trinajstić information content (AvgIpc) is 2.72.